The number of likely N-dealkylation sites (N-methyl/N-ethyl adjacent to an activating group) is 1. The van der Waals surface area contributed by atoms with E-state index in [1.807, 2.05) is 13.1 Å². The van der Waals surface area contributed by atoms with Crippen molar-refractivity contribution in [2.75, 3.05) is 12.8 Å². The summed E-state index contributed by atoms with van der Waals surface area (Å²) in [7, 11) is 1.83. The standard InChI is InChI=1S/C16H16ClF2NS/c1-20-13(8-11-4-2-7-15(17)16(11)19)10-21-14-6-3-5-12(18)9-14/h2-7,9,13,20H,8,10H2,1H3. The van der Waals surface area contributed by atoms with Gasteiger partial charge < -0.3 is 5.32 Å². The van der Waals surface area contributed by atoms with Crippen LogP contribution in [0, 0.1) is 11.6 Å². The van der Waals surface area contributed by atoms with E-state index in [1.165, 1.54) is 30.0 Å². The molecule has 0 spiro atoms. The van der Waals surface area contributed by atoms with Crippen LogP contribution in [-0.4, -0.2) is 18.8 Å². The molecule has 1 nitrogen and oxygen atoms in total. The maximum Gasteiger partial charge on any atom is 0.145 e. The summed E-state index contributed by atoms with van der Waals surface area (Å²) in [5, 5.41) is 3.30. The van der Waals surface area contributed by atoms with Crippen LogP contribution in [-0.2, 0) is 6.42 Å². The van der Waals surface area contributed by atoms with Crippen molar-refractivity contribution >= 4 is 23.4 Å². The SMILES string of the molecule is CNC(CSc1cccc(F)c1)Cc1cccc(Cl)c1F. The number of benzene rings is 2. The molecule has 1 atom stereocenters. The molecule has 0 bridgehead atoms. The molecule has 0 radical (unpaired) electrons. The second kappa shape index (κ2) is 7.78. The fourth-order valence-electron chi connectivity index (χ4n) is 1.97. The lowest BCUT2D eigenvalue weighted by molar-refractivity contribution is 0.568. The Bertz CT molecular complexity index is 607. The van der Waals surface area contributed by atoms with Crippen LogP contribution >= 0.6 is 23.4 Å². The number of hydrogen-bond acceptors (Lipinski definition) is 2. The predicted molar refractivity (Wildman–Crippen MR) is 85.1 cm³/mol. The first-order valence-electron chi connectivity index (χ1n) is 6.58. The number of rotatable bonds is 6. The van der Waals surface area contributed by atoms with Crippen molar-refractivity contribution in [3.05, 3.63) is 64.7 Å². The van der Waals surface area contributed by atoms with Crippen LogP contribution in [0.3, 0.4) is 0 Å². The molecule has 0 aromatic heterocycles. The zero-order valence-corrected chi connectivity index (χ0v) is 13.1. The topological polar surface area (TPSA) is 12.0 Å². The van der Waals surface area contributed by atoms with Gasteiger partial charge >= 0.3 is 0 Å². The van der Waals surface area contributed by atoms with Gasteiger partial charge in [-0.15, -0.1) is 11.8 Å². The molecule has 2 aromatic rings. The Labute approximate surface area is 132 Å². The van der Waals surface area contributed by atoms with E-state index < -0.39 is 0 Å². The first kappa shape index (κ1) is 16.3. The second-order valence-electron chi connectivity index (χ2n) is 4.67. The lowest BCUT2D eigenvalue weighted by Crippen LogP contribution is -2.30. The highest BCUT2D eigenvalue weighted by Crippen LogP contribution is 2.23. The molecule has 0 aliphatic carbocycles. The maximum atomic E-state index is 13.9. The zero-order valence-electron chi connectivity index (χ0n) is 11.6. The third-order valence-corrected chi connectivity index (χ3v) is 4.60. The Morgan fingerprint density at radius 2 is 1.95 bits per heavy atom. The van der Waals surface area contributed by atoms with Crippen molar-refractivity contribution in [1.29, 1.82) is 0 Å². The fraction of sp³-hybridized carbons (Fsp3) is 0.250. The normalized spacial score (nSPS) is 12.4. The number of nitrogens with one attached hydrogen (secondary N) is 1. The predicted octanol–water partition coefficient (Wildman–Crippen LogP) is 4.54. The Morgan fingerprint density at radius 1 is 1.19 bits per heavy atom. The van der Waals surface area contributed by atoms with E-state index in [4.69, 9.17) is 11.6 Å². The van der Waals surface area contributed by atoms with Crippen LogP contribution in [0.4, 0.5) is 8.78 Å². The second-order valence-corrected chi connectivity index (χ2v) is 6.17. The lowest BCUT2D eigenvalue weighted by atomic mass is 10.1. The lowest BCUT2D eigenvalue weighted by Gasteiger charge is -2.16. The average Bonchev–Trinajstić information content (AvgIpc) is 2.48. The molecule has 0 amide bonds. The fourth-order valence-corrected chi connectivity index (χ4v) is 3.21. The first-order chi connectivity index (χ1) is 10.1. The number of thioether (sulfide) groups is 1. The molecule has 1 unspecified atom stereocenters. The molecule has 21 heavy (non-hydrogen) atoms. The quantitative estimate of drug-likeness (QED) is 0.782. The van der Waals surface area contributed by atoms with Crippen LogP contribution < -0.4 is 5.32 Å². The summed E-state index contributed by atoms with van der Waals surface area (Å²) in [6.45, 7) is 0. The van der Waals surface area contributed by atoms with E-state index >= 15 is 0 Å². The monoisotopic (exact) mass is 327 g/mol. The van der Waals surface area contributed by atoms with Gasteiger partial charge in [-0.25, -0.2) is 8.78 Å². The van der Waals surface area contributed by atoms with E-state index in [1.54, 1.807) is 18.2 Å². The largest absolute Gasteiger partial charge is 0.316 e. The van der Waals surface area contributed by atoms with E-state index in [0.717, 1.165) is 4.90 Å². The van der Waals surface area contributed by atoms with Gasteiger partial charge in [0.2, 0.25) is 0 Å². The summed E-state index contributed by atoms with van der Waals surface area (Å²) in [4.78, 5) is 0.863. The van der Waals surface area contributed by atoms with Gasteiger partial charge in [0.1, 0.15) is 11.6 Å². The summed E-state index contributed by atoms with van der Waals surface area (Å²) in [6.07, 6.45) is 0.533. The highest BCUT2D eigenvalue weighted by atomic mass is 35.5. The van der Waals surface area contributed by atoms with Crippen molar-refractivity contribution < 1.29 is 8.78 Å². The van der Waals surface area contributed by atoms with Gasteiger partial charge in [0.25, 0.3) is 0 Å². The van der Waals surface area contributed by atoms with Crippen molar-refractivity contribution in [1.82, 2.24) is 5.32 Å². The van der Waals surface area contributed by atoms with Gasteiger partial charge in [0.05, 0.1) is 5.02 Å². The molecule has 0 saturated carbocycles. The van der Waals surface area contributed by atoms with E-state index in [-0.39, 0.29) is 22.7 Å². The molecule has 0 heterocycles. The van der Waals surface area contributed by atoms with Crippen LogP contribution in [0.25, 0.3) is 0 Å². The minimum atomic E-state index is -0.366. The Balaban J connectivity index is 1.99. The summed E-state index contributed by atoms with van der Waals surface area (Å²) in [5.41, 5.74) is 0.585. The highest BCUT2D eigenvalue weighted by Gasteiger charge is 2.13. The summed E-state index contributed by atoms with van der Waals surface area (Å²) in [5.74, 6) is 0.100. The molecule has 5 heteroatoms. The number of hydrogen-bond donors (Lipinski definition) is 1. The Hall–Kier alpha value is -1.10. The minimum Gasteiger partial charge on any atom is -0.316 e. The van der Waals surface area contributed by atoms with Crippen LogP contribution in [0.2, 0.25) is 5.02 Å². The molecule has 2 aromatic carbocycles. The van der Waals surface area contributed by atoms with E-state index in [0.29, 0.717) is 17.7 Å². The minimum absolute atomic E-state index is 0.0752. The third-order valence-electron chi connectivity index (χ3n) is 3.15. The van der Waals surface area contributed by atoms with Gasteiger partial charge in [-0.05, 0) is 43.3 Å². The molecule has 0 aliphatic heterocycles. The smallest absolute Gasteiger partial charge is 0.145 e. The summed E-state index contributed by atoms with van der Waals surface area (Å²) < 4.78 is 27.0. The average molecular weight is 328 g/mol. The van der Waals surface area contributed by atoms with E-state index in [2.05, 4.69) is 5.32 Å². The van der Waals surface area contributed by atoms with Crippen LogP contribution in [0.5, 0.6) is 0 Å². The summed E-state index contributed by atoms with van der Waals surface area (Å²) in [6, 6.07) is 11.6. The third kappa shape index (κ3) is 4.70. The molecule has 0 aliphatic rings. The van der Waals surface area contributed by atoms with Gasteiger partial charge in [-0.3, -0.25) is 0 Å². The molecule has 1 N–H and O–H groups in total. The van der Waals surface area contributed by atoms with Crippen molar-refractivity contribution in [2.45, 2.75) is 17.4 Å². The van der Waals surface area contributed by atoms with Gasteiger partial charge in [-0.1, -0.05) is 29.8 Å². The van der Waals surface area contributed by atoms with Crippen molar-refractivity contribution in [2.24, 2.45) is 0 Å². The van der Waals surface area contributed by atoms with Crippen LogP contribution in [0.1, 0.15) is 5.56 Å². The maximum absolute atomic E-state index is 13.9. The molecular formula is C16H16ClF2NS. The highest BCUT2D eigenvalue weighted by molar-refractivity contribution is 7.99. The van der Waals surface area contributed by atoms with Gasteiger partial charge in [-0.2, -0.15) is 0 Å². The molecular weight excluding hydrogens is 312 g/mol. The van der Waals surface area contributed by atoms with E-state index in [9.17, 15) is 8.78 Å². The van der Waals surface area contributed by atoms with Crippen LogP contribution in [0.15, 0.2) is 47.4 Å². The van der Waals surface area contributed by atoms with Crippen molar-refractivity contribution in [3.63, 3.8) is 0 Å². The first-order valence-corrected chi connectivity index (χ1v) is 7.95. The zero-order chi connectivity index (χ0) is 15.2. The molecule has 2 rings (SSSR count). The molecule has 0 saturated heterocycles. The Kier molecular flexibility index (Phi) is 6.03. The Morgan fingerprint density at radius 3 is 2.67 bits per heavy atom. The van der Waals surface area contributed by atoms with Crippen molar-refractivity contribution in [3.8, 4) is 0 Å². The van der Waals surface area contributed by atoms with Gasteiger partial charge in [0, 0.05) is 16.7 Å². The number of halogens is 3. The molecule has 112 valence electrons. The van der Waals surface area contributed by atoms with Gasteiger partial charge in [0.15, 0.2) is 0 Å². The summed E-state index contributed by atoms with van der Waals surface area (Å²) >= 11 is 7.33. The molecule has 0 fully saturated rings.